The van der Waals surface area contributed by atoms with Crippen LogP contribution in [0.1, 0.15) is 36.0 Å². The summed E-state index contributed by atoms with van der Waals surface area (Å²) in [6, 6.07) is 3.86. The van der Waals surface area contributed by atoms with E-state index in [1.54, 1.807) is 6.07 Å². The molecule has 3 heterocycles. The molecule has 0 saturated heterocycles. The van der Waals surface area contributed by atoms with Gasteiger partial charge in [-0.2, -0.15) is 5.10 Å². The van der Waals surface area contributed by atoms with Gasteiger partial charge in [0, 0.05) is 23.9 Å². The lowest BCUT2D eigenvalue weighted by molar-refractivity contribution is 0.191. The minimum absolute atomic E-state index is 0. The number of aliphatic imine (C=N–C) groups is 1. The van der Waals surface area contributed by atoms with Gasteiger partial charge in [0.15, 0.2) is 5.96 Å². The fraction of sp³-hybridized carbons (Fsp3) is 0.562. The molecule has 2 atom stereocenters. The highest BCUT2D eigenvalue weighted by Crippen LogP contribution is 2.26. The Morgan fingerprint density at radius 2 is 2.35 bits per heavy atom. The molecule has 0 spiro atoms. The van der Waals surface area contributed by atoms with Gasteiger partial charge in [-0.15, -0.1) is 35.3 Å². The van der Waals surface area contributed by atoms with Gasteiger partial charge in [0.2, 0.25) is 0 Å². The van der Waals surface area contributed by atoms with Crippen molar-refractivity contribution in [2.45, 2.75) is 45.4 Å². The number of aliphatic hydroxyl groups excluding tert-OH is 1. The Hall–Kier alpha value is -0.910. The zero-order valence-corrected chi connectivity index (χ0v) is 18.7. The normalized spacial score (nSPS) is 18.0. The Kier molecular flexibility index (Phi) is 8.11. The molecular weight excluding hydrogens is 487 g/mol. The van der Waals surface area contributed by atoms with E-state index in [1.165, 1.54) is 11.3 Å². The van der Waals surface area contributed by atoms with Gasteiger partial charge in [-0.25, -0.2) is 9.67 Å². The van der Waals surface area contributed by atoms with Crippen molar-refractivity contribution in [2.75, 3.05) is 13.1 Å². The van der Waals surface area contributed by atoms with Crippen molar-refractivity contribution in [1.82, 2.24) is 25.4 Å². The summed E-state index contributed by atoms with van der Waals surface area (Å²) < 4.78 is 2.63. The number of nitrogens with zero attached hydrogens (tertiary/aromatic N) is 4. The molecule has 0 saturated carbocycles. The van der Waals surface area contributed by atoms with Gasteiger partial charge in [0.05, 0.1) is 17.4 Å². The maximum Gasteiger partial charge on any atom is 0.191 e. The van der Waals surface area contributed by atoms with Crippen LogP contribution in [-0.4, -0.2) is 45.0 Å². The zero-order chi connectivity index (χ0) is 17.8. The van der Waals surface area contributed by atoms with E-state index in [4.69, 9.17) is 11.6 Å². The first-order valence-corrected chi connectivity index (χ1v) is 9.63. The summed E-state index contributed by atoms with van der Waals surface area (Å²) in [7, 11) is 0. The third-order valence-corrected chi connectivity index (χ3v) is 5.33. The quantitative estimate of drug-likeness (QED) is 0.327. The second kappa shape index (κ2) is 9.86. The number of fused-ring (bicyclic) bond motifs is 1. The first kappa shape index (κ1) is 21.4. The zero-order valence-electron chi connectivity index (χ0n) is 14.8. The number of rotatable bonds is 5. The average molecular weight is 511 g/mol. The van der Waals surface area contributed by atoms with E-state index >= 15 is 0 Å². The minimum Gasteiger partial charge on any atom is -0.386 e. The van der Waals surface area contributed by atoms with Crippen LogP contribution in [0.5, 0.6) is 0 Å². The number of halogens is 2. The Labute approximate surface area is 179 Å². The van der Waals surface area contributed by atoms with Crippen LogP contribution in [0.3, 0.4) is 0 Å². The average Bonchev–Trinajstić information content (AvgIpc) is 3.17. The number of aliphatic hydroxyl groups is 1. The lowest BCUT2D eigenvalue weighted by Gasteiger charge is -2.25. The molecule has 10 heteroatoms. The van der Waals surface area contributed by atoms with Crippen molar-refractivity contribution < 1.29 is 5.11 Å². The predicted molar refractivity (Wildman–Crippen MR) is 116 cm³/mol. The highest BCUT2D eigenvalue weighted by molar-refractivity contribution is 14.0. The molecule has 2 aromatic rings. The smallest absolute Gasteiger partial charge is 0.191 e. The second-order valence-electron chi connectivity index (χ2n) is 6.01. The first-order chi connectivity index (χ1) is 12.0. The van der Waals surface area contributed by atoms with E-state index < -0.39 is 6.10 Å². The fourth-order valence-electron chi connectivity index (χ4n) is 2.84. The number of thiophene rings is 1. The summed E-state index contributed by atoms with van der Waals surface area (Å²) >= 11 is 7.30. The van der Waals surface area contributed by atoms with Gasteiger partial charge in [0.25, 0.3) is 0 Å². The van der Waals surface area contributed by atoms with Crippen LogP contribution >= 0.6 is 46.9 Å². The van der Waals surface area contributed by atoms with Crippen LogP contribution in [0.2, 0.25) is 4.34 Å². The summed E-state index contributed by atoms with van der Waals surface area (Å²) in [6.45, 7) is 5.74. The SMILES string of the molecule is CCNC(=NCC(O)c1ccc(Cl)s1)NC1CCc2nc(C)nn2C1.I. The van der Waals surface area contributed by atoms with E-state index in [1.807, 2.05) is 24.6 Å². The Morgan fingerprint density at radius 3 is 3.04 bits per heavy atom. The Morgan fingerprint density at radius 1 is 1.54 bits per heavy atom. The fourth-order valence-corrected chi connectivity index (χ4v) is 3.88. The summed E-state index contributed by atoms with van der Waals surface area (Å²) in [5.41, 5.74) is 0. The molecule has 2 unspecified atom stereocenters. The molecule has 3 N–H and O–H groups in total. The summed E-state index contributed by atoms with van der Waals surface area (Å²) in [6.07, 6.45) is 1.23. The molecule has 0 radical (unpaired) electrons. The van der Waals surface area contributed by atoms with E-state index in [2.05, 4.69) is 25.7 Å². The number of nitrogens with one attached hydrogen (secondary N) is 2. The number of aryl methyl sites for hydroxylation is 2. The van der Waals surface area contributed by atoms with Crippen molar-refractivity contribution >= 4 is 52.9 Å². The molecule has 0 fully saturated rings. The maximum atomic E-state index is 10.3. The molecule has 1 aliphatic heterocycles. The van der Waals surface area contributed by atoms with Crippen LogP contribution in [0.25, 0.3) is 0 Å². The third-order valence-electron chi connectivity index (χ3n) is 3.99. The molecule has 0 bridgehead atoms. The number of guanidine groups is 1. The highest BCUT2D eigenvalue weighted by atomic mass is 127. The molecule has 26 heavy (non-hydrogen) atoms. The minimum atomic E-state index is -0.649. The van der Waals surface area contributed by atoms with Crippen molar-refractivity contribution in [3.63, 3.8) is 0 Å². The third kappa shape index (κ3) is 5.54. The van der Waals surface area contributed by atoms with Gasteiger partial charge in [0.1, 0.15) is 17.8 Å². The molecule has 144 valence electrons. The Bertz CT molecular complexity index is 749. The molecular formula is C16H24ClIN6OS. The van der Waals surface area contributed by atoms with E-state index in [-0.39, 0.29) is 36.6 Å². The number of hydrogen-bond donors (Lipinski definition) is 3. The first-order valence-electron chi connectivity index (χ1n) is 8.43. The topological polar surface area (TPSA) is 87.4 Å². The summed E-state index contributed by atoms with van der Waals surface area (Å²) in [5, 5.41) is 21.3. The second-order valence-corrected chi connectivity index (χ2v) is 7.76. The Balaban J connectivity index is 0.00000243. The molecule has 0 amide bonds. The standard InChI is InChI=1S/C16H23ClN6OS.HI/c1-3-18-16(19-8-12(24)13-5-6-14(17)25-13)21-11-4-7-15-20-10(2)22-23(15)9-11;/h5-6,11-12,24H,3-4,7-9H2,1-2H3,(H2,18,19,21);1H. The van der Waals surface area contributed by atoms with Crippen LogP contribution in [0.15, 0.2) is 17.1 Å². The van der Waals surface area contributed by atoms with Gasteiger partial charge in [-0.3, -0.25) is 4.99 Å². The molecule has 1 aliphatic rings. The van der Waals surface area contributed by atoms with Crippen molar-refractivity contribution in [3.8, 4) is 0 Å². The molecule has 2 aromatic heterocycles. The van der Waals surface area contributed by atoms with Gasteiger partial charge in [-0.1, -0.05) is 11.6 Å². The molecule has 3 rings (SSSR count). The van der Waals surface area contributed by atoms with Gasteiger partial charge >= 0.3 is 0 Å². The van der Waals surface area contributed by atoms with Crippen molar-refractivity contribution in [3.05, 3.63) is 33.0 Å². The highest BCUT2D eigenvalue weighted by Gasteiger charge is 2.21. The van der Waals surface area contributed by atoms with Gasteiger partial charge in [-0.05, 0) is 32.4 Å². The molecule has 0 aliphatic carbocycles. The van der Waals surface area contributed by atoms with E-state index in [0.717, 1.165) is 42.5 Å². The summed E-state index contributed by atoms with van der Waals surface area (Å²) in [4.78, 5) is 9.77. The summed E-state index contributed by atoms with van der Waals surface area (Å²) in [5.74, 6) is 2.56. The lowest BCUT2D eigenvalue weighted by atomic mass is 10.1. The van der Waals surface area contributed by atoms with Crippen molar-refractivity contribution in [2.24, 2.45) is 4.99 Å². The monoisotopic (exact) mass is 510 g/mol. The van der Waals surface area contributed by atoms with Crippen molar-refractivity contribution in [1.29, 1.82) is 0 Å². The molecule has 0 aromatic carbocycles. The van der Waals surface area contributed by atoms with E-state index in [0.29, 0.717) is 10.3 Å². The van der Waals surface area contributed by atoms with Crippen LogP contribution < -0.4 is 10.6 Å². The number of hydrogen-bond acceptors (Lipinski definition) is 5. The van der Waals surface area contributed by atoms with Crippen LogP contribution in [-0.2, 0) is 13.0 Å². The largest absolute Gasteiger partial charge is 0.386 e. The van der Waals surface area contributed by atoms with Gasteiger partial charge < -0.3 is 15.7 Å². The maximum absolute atomic E-state index is 10.3. The van der Waals surface area contributed by atoms with Crippen LogP contribution in [0, 0.1) is 6.92 Å². The molecule has 7 nitrogen and oxygen atoms in total. The predicted octanol–water partition coefficient (Wildman–Crippen LogP) is 2.52. The lowest BCUT2D eigenvalue weighted by Crippen LogP contribution is -2.47. The number of aromatic nitrogens is 3. The van der Waals surface area contributed by atoms with Crippen LogP contribution in [0.4, 0.5) is 0 Å². The van der Waals surface area contributed by atoms with E-state index in [9.17, 15) is 5.11 Å².